The summed E-state index contributed by atoms with van der Waals surface area (Å²) in [4.78, 5) is 9.92. The van der Waals surface area contributed by atoms with Gasteiger partial charge in [-0.15, -0.1) is 0 Å². The summed E-state index contributed by atoms with van der Waals surface area (Å²) >= 11 is 0. The number of rotatable bonds is 1. The molecule has 1 aromatic rings. The van der Waals surface area contributed by atoms with Gasteiger partial charge in [0.1, 0.15) is 7.85 Å². The molecule has 0 bridgehead atoms. The Morgan fingerprint density at radius 1 is 1.62 bits per heavy atom. The zero-order valence-corrected chi connectivity index (χ0v) is 6.94. The topological polar surface area (TPSA) is 66.9 Å². The van der Waals surface area contributed by atoms with Gasteiger partial charge >= 0.3 is 0 Å². The van der Waals surface area contributed by atoms with Crippen molar-refractivity contribution in [3.8, 4) is 6.07 Å². The van der Waals surface area contributed by atoms with E-state index in [-0.39, 0.29) is 16.7 Å². The van der Waals surface area contributed by atoms with Gasteiger partial charge in [-0.2, -0.15) is 5.26 Å². The predicted octanol–water partition coefficient (Wildman–Crippen LogP) is 0.569. The van der Waals surface area contributed by atoms with E-state index in [9.17, 15) is 10.1 Å². The van der Waals surface area contributed by atoms with E-state index in [1.54, 1.807) is 13.0 Å². The molecule has 0 saturated carbocycles. The van der Waals surface area contributed by atoms with Gasteiger partial charge in [0.05, 0.1) is 16.6 Å². The number of hydrogen-bond donors (Lipinski definition) is 0. The normalized spacial score (nSPS) is 9.23. The van der Waals surface area contributed by atoms with Crippen LogP contribution in [-0.4, -0.2) is 12.8 Å². The average Bonchev–Trinajstić information content (AvgIpc) is 2.03. The van der Waals surface area contributed by atoms with Crippen molar-refractivity contribution in [3.63, 3.8) is 0 Å². The Morgan fingerprint density at radius 2 is 2.23 bits per heavy atom. The van der Waals surface area contributed by atoms with Crippen molar-refractivity contribution in [2.45, 2.75) is 6.92 Å². The van der Waals surface area contributed by atoms with Crippen LogP contribution in [0.4, 0.5) is 5.69 Å². The highest BCUT2D eigenvalue weighted by Crippen LogP contribution is 2.16. The second-order valence-electron chi connectivity index (χ2n) is 2.59. The number of nitriles is 1. The molecule has 0 fully saturated rings. The summed E-state index contributed by atoms with van der Waals surface area (Å²) in [6.07, 6.45) is 0. The molecule has 0 N–H and O–H groups in total. The highest BCUT2D eigenvalue weighted by molar-refractivity contribution is 6.34. The number of nitro groups is 1. The minimum absolute atomic E-state index is 0.0780. The van der Waals surface area contributed by atoms with Crippen molar-refractivity contribution >= 4 is 19.0 Å². The van der Waals surface area contributed by atoms with E-state index in [1.807, 2.05) is 0 Å². The van der Waals surface area contributed by atoms with Gasteiger partial charge in [-0.3, -0.25) is 10.1 Å². The van der Waals surface area contributed by atoms with Crippen LogP contribution in [0.2, 0.25) is 0 Å². The van der Waals surface area contributed by atoms with E-state index >= 15 is 0 Å². The van der Waals surface area contributed by atoms with E-state index in [2.05, 4.69) is 0 Å². The molecule has 0 atom stereocenters. The van der Waals surface area contributed by atoms with Gasteiger partial charge in [-0.1, -0.05) is 11.5 Å². The third-order valence-electron chi connectivity index (χ3n) is 1.69. The molecule has 0 aromatic heterocycles. The molecule has 1 aromatic carbocycles. The first-order valence-corrected chi connectivity index (χ1v) is 3.51. The maximum Gasteiger partial charge on any atom is 0.273 e. The van der Waals surface area contributed by atoms with E-state index in [4.69, 9.17) is 13.1 Å². The lowest BCUT2D eigenvalue weighted by molar-refractivity contribution is -0.385. The van der Waals surface area contributed by atoms with E-state index < -0.39 is 4.92 Å². The second kappa shape index (κ2) is 3.27. The maximum absolute atomic E-state index is 10.5. The zero-order chi connectivity index (χ0) is 10.0. The molecule has 0 aliphatic heterocycles. The Morgan fingerprint density at radius 3 is 2.69 bits per heavy atom. The molecule has 0 unspecified atom stereocenters. The third kappa shape index (κ3) is 1.67. The SMILES string of the molecule is [B]c1cc(C)c([N+](=O)[O-])cc1C#N. The summed E-state index contributed by atoms with van der Waals surface area (Å²) in [5.74, 6) is 0. The first kappa shape index (κ1) is 9.26. The smallest absolute Gasteiger partial charge is 0.258 e. The van der Waals surface area contributed by atoms with Crippen molar-refractivity contribution in [2.75, 3.05) is 0 Å². The largest absolute Gasteiger partial charge is 0.273 e. The fourth-order valence-electron chi connectivity index (χ4n) is 1.01. The molecule has 4 nitrogen and oxygen atoms in total. The molecule has 0 amide bonds. The van der Waals surface area contributed by atoms with Crippen LogP contribution >= 0.6 is 0 Å². The van der Waals surface area contributed by atoms with Crippen LogP contribution < -0.4 is 5.46 Å². The van der Waals surface area contributed by atoms with Crippen molar-refractivity contribution in [2.24, 2.45) is 0 Å². The molecule has 2 radical (unpaired) electrons. The number of nitrogens with zero attached hydrogens (tertiary/aromatic N) is 2. The molecule has 62 valence electrons. The summed E-state index contributed by atoms with van der Waals surface area (Å²) in [7, 11) is 5.46. The van der Waals surface area contributed by atoms with Crippen LogP contribution in [0.3, 0.4) is 0 Å². The second-order valence-corrected chi connectivity index (χ2v) is 2.59. The Hall–Kier alpha value is -1.83. The molecule has 5 heteroatoms. The van der Waals surface area contributed by atoms with Gasteiger partial charge in [0.15, 0.2) is 0 Å². The van der Waals surface area contributed by atoms with Gasteiger partial charge in [0.25, 0.3) is 5.69 Å². The lowest BCUT2D eigenvalue weighted by Gasteiger charge is -2.00. The Kier molecular flexibility index (Phi) is 2.33. The van der Waals surface area contributed by atoms with Crippen LogP contribution in [0.15, 0.2) is 12.1 Å². The molecule has 0 aliphatic carbocycles. The quantitative estimate of drug-likeness (QED) is 0.353. The molecule has 0 saturated heterocycles. The molecule has 0 aliphatic rings. The lowest BCUT2D eigenvalue weighted by atomic mass is 9.89. The van der Waals surface area contributed by atoms with Gasteiger partial charge in [0.2, 0.25) is 0 Å². The average molecular weight is 172 g/mol. The summed E-state index contributed by atoms with van der Waals surface area (Å²) in [5, 5.41) is 19.0. The molecular weight excluding hydrogens is 167 g/mol. The van der Waals surface area contributed by atoms with Gasteiger partial charge in [-0.05, 0) is 6.92 Å². The van der Waals surface area contributed by atoms with Gasteiger partial charge in [0, 0.05) is 11.6 Å². The van der Waals surface area contributed by atoms with E-state index in [0.29, 0.717) is 5.56 Å². The molecule has 13 heavy (non-hydrogen) atoms. The Bertz CT molecular complexity index is 409. The number of nitro benzene ring substituents is 1. The predicted molar refractivity (Wildman–Crippen MR) is 47.9 cm³/mol. The van der Waals surface area contributed by atoms with E-state index in [1.165, 1.54) is 12.1 Å². The van der Waals surface area contributed by atoms with E-state index in [0.717, 1.165) is 0 Å². The monoisotopic (exact) mass is 172 g/mol. The zero-order valence-electron chi connectivity index (χ0n) is 6.94. The molecule has 0 spiro atoms. The lowest BCUT2D eigenvalue weighted by Crippen LogP contribution is -2.09. The van der Waals surface area contributed by atoms with Gasteiger partial charge in [-0.25, -0.2) is 0 Å². The summed E-state index contributed by atoms with van der Waals surface area (Å²) in [6, 6.07) is 4.40. The minimum Gasteiger partial charge on any atom is -0.258 e. The third-order valence-corrected chi connectivity index (χ3v) is 1.69. The van der Waals surface area contributed by atoms with Crippen molar-refractivity contribution in [1.82, 2.24) is 0 Å². The molecular formula is C8H5BN2O2. The standard InChI is InChI=1S/C8H5BN2O2/c1-5-2-7(9)6(4-10)3-8(5)11(12)13/h2-3H,1H3. The van der Waals surface area contributed by atoms with Crippen molar-refractivity contribution < 1.29 is 4.92 Å². The summed E-state index contributed by atoms with van der Waals surface area (Å²) in [5.41, 5.74) is 0.787. The Labute approximate surface area is 76.4 Å². The first-order chi connectivity index (χ1) is 6.06. The minimum atomic E-state index is -0.532. The highest BCUT2D eigenvalue weighted by Gasteiger charge is 2.12. The molecule has 1 rings (SSSR count). The number of aryl methyl sites for hydroxylation is 1. The van der Waals surface area contributed by atoms with Crippen LogP contribution in [0.5, 0.6) is 0 Å². The van der Waals surface area contributed by atoms with Crippen LogP contribution in [-0.2, 0) is 0 Å². The summed E-state index contributed by atoms with van der Waals surface area (Å²) < 4.78 is 0. The maximum atomic E-state index is 10.5. The highest BCUT2D eigenvalue weighted by atomic mass is 16.6. The number of hydrogen-bond acceptors (Lipinski definition) is 3. The number of benzene rings is 1. The van der Waals surface area contributed by atoms with Gasteiger partial charge < -0.3 is 0 Å². The molecule has 0 heterocycles. The fourth-order valence-corrected chi connectivity index (χ4v) is 1.01. The Balaban J connectivity index is 3.41. The van der Waals surface area contributed by atoms with Crippen LogP contribution in [0.1, 0.15) is 11.1 Å². The fraction of sp³-hybridized carbons (Fsp3) is 0.125. The van der Waals surface area contributed by atoms with Crippen LogP contribution in [0.25, 0.3) is 0 Å². The van der Waals surface area contributed by atoms with Crippen molar-refractivity contribution in [3.05, 3.63) is 33.4 Å². The summed E-state index contributed by atoms with van der Waals surface area (Å²) in [6.45, 7) is 1.58. The van der Waals surface area contributed by atoms with Crippen molar-refractivity contribution in [1.29, 1.82) is 5.26 Å². The van der Waals surface area contributed by atoms with Crippen LogP contribution in [0, 0.1) is 28.4 Å². The first-order valence-electron chi connectivity index (χ1n) is 3.51.